The number of benzene rings is 3. The fraction of sp³-hybridized carbons (Fsp3) is 0.250. The van der Waals surface area contributed by atoms with Gasteiger partial charge >= 0.3 is 0 Å². The fourth-order valence-electron chi connectivity index (χ4n) is 4.41. The van der Waals surface area contributed by atoms with Crippen molar-refractivity contribution in [2.24, 2.45) is 10.2 Å². The fourth-order valence-corrected chi connectivity index (χ4v) is 4.94. The number of carbonyl (C=O) groups excluding carboxylic acids is 2. The second-order valence-corrected chi connectivity index (χ2v) is 9.81. The highest BCUT2D eigenvalue weighted by Crippen LogP contribution is 2.35. The number of imide groups is 1. The van der Waals surface area contributed by atoms with Crippen molar-refractivity contribution >= 4 is 50.5 Å². The summed E-state index contributed by atoms with van der Waals surface area (Å²) in [6, 6.07) is 17.1. The molecule has 0 aliphatic carbocycles. The number of nitro groups is 1. The molecule has 0 N–H and O–H groups in total. The summed E-state index contributed by atoms with van der Waals surface area (Å²) >= 11 is 3.25. The summed E-state index contributed by atoms with van der Waals surface area (Å²) in [7, 11) is 0. The van der Waals surface area contributed by atoms with E-state index in [2.05, 4.69) is 38.0 Å². The van der Waals surface area contributed by atoms with E-state index in [4.69, 9.17) is 0 Å². The molecule has 0 saturated carbocycles. The number of non-ortho nitro benzene ring substituents is 1. The Morgan fingerprint density at radius 1 is 1.05 bits per heavy atom. The molecular formula is C28H25BrN6O4. The minimum Gasteiger partial charge on any atom is -0.372 e. The zero-order valence-corrected chi connectivity index (χ0v) is 23.0. The number of halogens is 1. The van der Waals surface area contributed by atoms with Crippen LogP contribution >= 0.6 is 15.9 Å². The Bertz CT molecular complexity index is 1500. The molecule has 1 heterocycles. The molecule has 0 aromatic heterocycles. The molecule has 3 aromatic carbocycles. The predicted molar refractivity (Wildman–Crippen MR) is 150 cm³/mol. The Hall–Kier alpha value is -4.43. The number of aryl methyl sites for hydroxylation is 1. The number of azo groups is 1. The number of fused-ring (bicyclic) bond motifs is 1. The average Bonchev–Trinajstić information content (AvgIpc) is 3.17. The Morgan fingerprint density at radius 3 is 2.33 bits per heavy atom. The van der Waals surface area contributed by atoms with E-state index in [1.165, 1.54) is 17.0 Å². The molecule has 0 radical (unpaired) electrons. The van der Waals surface area contributed by atoms with Gasteiger partial charge < -0.3 is 4.90 Å². The van der Waals surface area contributed by atoms with Crippen LogP contribution in [0.3, 0.4) is 0 Å². The quantitative estimate of drug-likeness (QED) is 0.0835. The van der Waals surface area contributed by atoms with Gasteiger partial charge in [0.15, 0.2) is 0 Å². The first-order valence-electron chi connectivity index (χ1n) is 12.4. The van der Waals surface area contributed by atoms with Gasteiger partial charge in [-0.25, -0.2) is 0 Å². The number of unbranched alkanes of at least 4 members (excludes halogenated alkanes) is 1. The maximum absolute atomic E-state index is 12.6. The second kappa shape index (κ2) is 12.0. The van der Waals surface area contributed by atoms with Crippen LogP contribution in [-0.2, 0) is 0 Å². The van der Waals surface area contributed by atoms with Crippen LogP contribution in [-0.4, -0.2) is 41.3 Å². The minimum atomic E-state index is -0.570. The zero-order chi connectivity index (χ0) is 28.1. The number of hydrogen-bond acceptors (Lipinski definition) is 8. The van der Waals surface area contributed by atoms with E-state index in [1.807, 2.05) is 31.2 Å². The van der Waals surface area contributed by atoms with Crippen molar-refractivity contribution in [1.29, 1.82) is 5.26 Å². The predicted octanol–water partition coefficient (Wildman–Crippen LogP) is 6.86. The van der Waals surface area contributed by atoms with E-state index >= 15 is 0 Å². The summed E-state index contributed by atoms with van der Waals surface area (Å²) in [6.45, 7) is 5.87. The molecule has 0 atom stereocenters. The maximum Gasteiger partial charge on any atom is 0.272 e. The Kier molecular flexibility index (Phi) is 8.46. The maximum atomic E-state index is 12.6. The molecule has 2 amide bonds. The lowest BCUT2D eigenvalue weighted by Gasteiger charge is -2.24. The third-order valence-electron chi connectivity index (χ3n) is 6.50. The van der Waals surface area contributed by atoms with Gasteiger partial charge in [0.1, 0.15) is 11.8 Å². The van der Waals surface area contributed by atoms with Gasteiger partial charge in [-0.15, -0.1) is 5.11 Å². The van der Waals surface area contributed by atoms with Gasteiger partial charge in [-0.3, -0.25) is 24.6 Å². The number of anilines is 1. The van der Waals surface area contributed by atoms with Crippen LogP contribution < -0.4 is 4.90 Å². The number of nitrogens with zero attached hydrogens (tertiary/aromatic N) is 6. The largest absolute Gasteiger partial charge is 0.372 e. The average molecular weight is 589 g/mol. The number of rotatable bonds is 10. The third kappa shape index (κ3) is 5.86. The highest BCUT2D eigenvalue weighted by atomic mass is 79.9. The van der Waals surface area contributed by atoms with Crippen LogP contribution in [0.1, 0.15) is 51.6 Å². The van der Waals surface area contributed by atoms with Crippen LogP contribution in [0.5, 0.6) is 0 Å². The second-order valence-electron chi connectivity index (χ2n) is 8.96. The van der Waals surface area contributed by atoms with Crippen molar-refractivity contribution in [2.75, 3.05) is 24.5 Å². The van der Waals surface area contributed by atoms with E-state index in [0.29, 0.717) is 34.3 Å². The highest BCUT2D eigenvalue weighted by Gasteiger charge is 2.34. The highest BCUT2D eigenvalue weighted by molar-refractivity contribution is 9.10. The summed E-state index contributed by atoms with van der Waals surface area (Å²) in [5, 5.41) is 28.9. The first kappa shape index (κ1) is 27.6. The molecule has 0 fully saturated rings. The summed E-state index contributed by atoms with van der Waals surface area (Å²) in [4.78, 5) is 39.1. The van der Waals surface area contributed by atoms with Crippen LogP contribution in [0, 0.1) is 28.4 Å². The van der Waals surface area contributed by atoms with Crippen molar-refractivity contribution in [3.8, 4) is 6.07 Å². The Balaban J connectivity index is 1.39. The number of carbonyl (C=O) groups is 2. The van der Waals surface area contributed by atoms with Crippen molar-refractivity contribution in [1.82, 2.24) is 4.90 Å². The van der Waals surface area contributed by atoms with Crippen LogP contribution in [0.15, 0.2) is 69.3 Å². The van der Waals surface area contributed by atoms with E-state index in [0.717, 1.165) is 30.8 Å². The van der Waals surface area contributed by atoms with Gasteiger partial charge in [0.25, 0.3) is 17.5 Å². The Morgan fingerprint density at radius 2 is 1.74 bits per heavy atom. The number of nitro benzene ring substituents is 1. The van der Waals surface area contributed by atoms with Crippen LogP contribution in [0.2, 0.25) is 0 Å². The SMILES string of the molecule is CCN(CCCCN1C(=O)c2ccccc2C1=O)c1ccc(N=Nc2c(Br)cc([N+](=O)[O-])cc2C#N)c(C)c1. The van der Waals surface area contributed by atoms with E-state index in [9.17, 15) is 25.0 Å². The molecule has 1 aliphatic heterocycles. The summed E-state index contributed by atoms with van der Waals surface area (Å²) in [5.74, 6) is -0.461. The normalized spacial score (nSPS) is 12.6. The van der Waals surface area contributed by atoms with Crippen molar-refractivity contribution in [3.63, 3.8) is 0 Å². The molecule has 0 saturated heterocycles. The number of amides is 2. The van der Waals surface area contributed by atoms with Gasteiger partial charge in [0.05, 0.1) is 31.8 Å². The molecule has 198 valence electrons. The summed E-state index contributed by atoms with van der Waals surface area (Å²) < 4.78 is 0.310. The molecule has 0 spiro atoms. The Labute approximate surface area is 233 Å². The molecule has 3 aromatic rings. The number of hydrogen-bond donors (Lipinski definition) is 0. The molecule has 39 heavy (non-hydrogen) atoms. The minimum absolute atomic E-state index is 0.0486. The summed E-state index contributed by atoms with van der Waals surface area (Å²) in [6.07, 6.45) is 1.49. The molecule has 11 heteroatoms. The van der Waals surface area contributed by atoms with Crippen molar-refractivity contribution in [2.45, 2.75) is 26.7 Å². The lowest BCUT2D eigenvalue weighted by Crippen LogP contribution is -2.31. The van der Waals surface area contributed by atoms with Crippen LogP contribution in [0.4, 0.5) is 22.7 Å². The third-order valence-corrected chi connectivity index (χ3v) is 7.11. The molecule has 4 rings (SSSR count). The van der Waals surface area contributed by atoms with E-state index in [1.54, 1.807) is 24.3 Å². The first-order chi connectivity index (χ1) is 18.7. The lowest BCUT2D eigenvalue weighted by atomic mass is 10.1. The zero-order valence-electron chi connectivity index (χ0n) is 21.4. The van der Waals surface area contributed by atoms with Crippen LogP contribution in [0.25, 0.3) is 0 Å². The van der Waals surface area contributed by atoms with Gasteiger partial charge in [-0.2, -0.15) is 10.4 Å². The molecule has 1 aliphatic rings. The standard InChI is InChI=1S/C28H25BrN6O4/c1-3-33(12-6-7-13-34-27(36)22-8-4-5-9-23(22)28(34)37)20-10-11-25(18(2)14-20)31-32-26-19(17-30)15-21(35(38)39)16-24(26)29/h4-5,8-11,14-16H,3,6-7,12-13H2,1-2H3. The first-order valence-corrected chi connectivity index (χ1v) is 13.1. The smallest absolute Gasteiger partial charge is 0.272 e. The van der Waals surface area contributed by atoms with Gasteiger partial charge in [0.2, 0.25) is 0 Å². The molecular weight excluding hydrogens is 564 g/mol. The molecule has 10 nitrogen and oxygen atoms in total. The van der Waals surface area contributed by atoms with E-state index in [-0.39, 0.29) is 28.8 Å². The molecule has 0 unspecified atom stereocenters. The van der Waals surface area contributed by atoms with Gasteiger partial charge in [-0.05, 0) is 78.5 Å². The molecule has 0 bridgehead atoms. The van der Waals surface area contributed by atoms with Crippen molar-refractivity contribution < 1.29 is 14.5 Å². The number of nitriles is 1. The summed E-state index contributed by atoms with van der Waals surface area (Å²) in [5.41, 5.74) is 3.48. The topological polar surface area (TPSA) is 132 Å². The lowest BCUT2D eigenvalue weighted by molar-refractivity contribution is -0.384. The van der Waals surface area contributed by atoms with E-state index < -0.39 is 4.92 Å². The monoisotopic (exact) mass is 588 g/mol. The van der Waals surface area contributed by atoms with Gasteiger partial charge in [-0.1, -0.05) is 12.1 Å². The van der Waals surface area contributed by atoms with Crippen molar-refractivity contribution in [3.05, 3.63) is 91.4 Å². The van der Waals surface area contributed by atoms with Gasteiger partial charge in [0, 0.05) is 37.5 Å².